The molecule has 23 heteroatoms. The summed E-state index contributed by atoms with van der Waals surface area (Å²) >= 11 is 0.506. The number of ether oxygens (including phenoxy) is 10. The number of benzene rings is 1. The number of carbonyl (C=O) groups excluding carboxylic acids is 8. The highest BCUT2D eigenvalue weighted by molar-refractivity contribution is 7.99. The molecule has 0 saturated carbocycles. The topological polar surface area (TPSA) is 288 Å². The molecule has 62 heavy (non-hydrogen) atoms. The Balaban J connectivity index is 2.09. The van der Waals surface area contributed by atoms with Gasteiger partial charge in [0, 0.05) is 61.0 Å². The molecule has 0 amide bonds. The van der Waals surface area contributed by atoms with Gasteiger partial charge in [-0.25, -0.2) is 4.98 Å². The van der Waals surface area contributed by atoms with E-state index in [2.05, 4.69) is 4.98 Å². The second kappa shape index (κ2) is 21.4. The smallest absolute Gasteiger partial charge is 0.303 e. The average Bonchev–Trinajstić information content (AvgIpc) is 3.16. The molecule has 0 spiro atoms. The van der Waals surface area contributed by atoms with Crippen LogP contribution >= 0.6 is 11.8 Å². The predicted molar refractivity (Wildman–Crippen MR) is 204 cm³/mol. The third kappa shape index (κ3) is 12.4. The molecular weight excluding hydrogens is 846 g/mol. The SMILES string of the molecule is CC(=O)OCC1OC(Sc2nc(-c3ccccc3)c(C#N)c(=O)n2C2OC(COC(C)=O)C(OC(C)=O)C(OC(C)=O)C2OC(C)=O)C(OC(C)=O)C(OC(C)=O)C1OC(C)=O. The zero-order chi connectivity index (χ0) is 46.0. The highest BCUT2D eigenvalue weighted by Crippen LogP contribution is 2.41. The molecule has 1 aromatic carbocycles. The summed E-state index contributed by atoms with van der Waals surface area (Å²) in [6.07, 6.45) is -15.2. The maximum atomic E-state index is 14.9. The summed E-state index contributed by atoms with van der Waals surface area (Å²) in [5.41, 5.74) is -3.33. The fourth-order valence-electron chi connectivity index (χ4n) is 6.53. The number of rotatable bonds is 14. The van der Waals surface area contributed by atoms with Crippen LogP contribution < -0.4 is 5.56 Å². The average molecular weight is 890 g/mol. The molecule has 0 aliphatic carbocycles. The van der Waals surface area contributed by atoms with Crippen LogP contribution in [0.2, 0.25) is 0 Å². The van der Waals surface area contributed by atoms with Gasteiger partial charge in [0.15, 0.2) is 53.4 Å². The minimum absolute atomic E-state index is 0.201. The number of carbonyl (C=O) groups is 8. The van der Waals surface area contributed by atoms with Crippen LogP contribution in [-0.4, -0.2) is 125 Å². The van der Waals surface area contributed by atoms with Crippen LogP contribution in [0.15, 0.2) is 40.3 Å². The van der Waals surface area contributed by atoms with E-state index in [9.17, 15) is 48.4 Å². The first-order valence-corrected chi connectivity index (χ1v) is 19.5. The molecule has 0 bridgehead atoms. The van der Waals surface area contributed by atoms with Gasteiger partial charge in [0.2, 0.25) is 0 Å². The van der Waals surface area contributed by atoms with E-state index in [-0.39, 0.29) is 11.3 Å². The van der Waals surface area contributed by atoms with E-state index in [4.69, 9.17) is 47.4 Å². The number of aromatic nitrogens is 2. The first-order valence-electron chi connectivity index (χ1n) is 18.6. The van der Waals surface area contributed by atoms with Gasteiger partial charge >= 0.3 is 47.8 Å². The second-order valence-corrected chi connectivity index (χ2v) is 14.6. The number of esters is 8. The van der Waals surface area contributed by atoms with E-state index in [0.29, 0.717) is 11.8 Å². The number of hydrogen-bond donors (Lipinski definition) is 0. The van der Waals surface area contributed by atoms with E-state index >= 15 is 0 Å². The summed E-state index contributed by atoms with van der Waals surface area (Å²) in [7, 11) is 0. The van der Waals surface area contributed by atoms with Gasteiger partial charge in [-0.2, -0.15) is 5.26 Å². The maximum Gasteiger partial charge on any atom is 0.303 e. The summed E-state index contributed by atoms with van der Waals surface area (Å²) in [5.74, 6) is -7.31. The Kier molecular flexibility index (Phi) is 16.7. The molecule has 334 valence electrons. The van der Waals surface area contributed by atoms with Gasteiger partial charge in [0.1, 0.15) is 37.1 Å². The summed E-state index contributed by atoms with van der Waals surface area (Å²) in [6, 6.07) is 9.74. The number of thioether (sulfide) groups is 1. The van der Waals surface area contributed by atoms with Gasteiger partial charge in [0.25, 0.3) is 5.56 Å². The van der Waals surface area contributed by atoms with Crippen molar-refractivity contribution in [3.8, 4) is 17.3 Å². The quantitative estimate of drug-likeness (QED) is 0.146. The second-order valence-electron chi connectivity index (χ2n) is 13.5. The third-order valence-electron chi connectivity index (χ3n) is 8.63. The van der Waals surface area contributed by atoms with Crippen molar-refractivity contribution >= 4 is 59.5 Å². The molecule has 1 aromatic heterocycles. The molecule has 2 aliphatic rings. The highest BCUT2D eigenvalue weighted by Gasteiger charge is 2.56. The Morgan fingerprint density at radius 1 is 0.613 bits per heavy atom. The molecule has 2 fully saturated rings. The molecule has 2 aromatic rings. The fraction of sp³-hybridized carbons (Fsp3) is 0.513. The molecular formula is C39H43N3O19S. The van der Waals surface area contributed by atoms with Crippen molar-refractivity contribution in [3.63, 3.8) is 0 Å². The molecule has 0 N–H and O–H groups in total. The molecule has 2 saturated heterocycles. The molecule has 4 rings (SSSR count). The number of nitrogens with zero attached hydrogens (tertiary/aromatic N) is 3. The van der Waals surface area contributed by atoms with Crippen molar-refractivity contribution < 1.29 is 85.7 Å². The molecule has 0 radical (unpaired) electrons. The lowest BCUT2D eigenvalue weighted by molar-refractivity contribution is -0.270. The minimum Gasteiger partial charge on any atom is -0.463 e. The lowest BCUT2D eigenvalue weighted by Gasteiger charge is -2.45. The van der Waals surface area contributed by atoms with Crippen LogP contribution in [0.5, 0.6) is 0 Å². The van der Waals surface area contributed by atoms with Crippen LogP contribution in [0.4, 0.5) is 0 Å². The van der Waals surface area contributed by atoms with Gasteiger partial charge in [0.05, 0.1) is 5.69 Å². The Morgan fingerprint density at radius 3 is 1.48 bits per heavy atom. The zero-order valence-electron chi connectivity index (χ0n) is 34.6. The normalized spacial score (nSPS) is 25.4. The standard InChI is InChI=1S/C39H43N3O19S/c1-17(43)52-15-27-30(54-19(3)45)32(56-21(5)47)34(58-23(7)49)37(60-27)42-36(51)26(14-40)29(25-12-10-9-11-13-25)41-39(42)62-38-35(59-24(8)50)33(57-22(6)48)31(55-20(4)46)28(61-38)16-53-18(2)44/h9-13,27-28,30-35,37-38H,15-16H2,1-8H3. The number of nitriles is 1. The van der Waals surface area contributed by atoms with Gasteiger partial charge in [-0.3, -0.25) is 47.7 Å². The summed E-state index contributed by atoms with van der Waals surface area (Å²) in [4.78, 5) is 119. The van der Waals surface area contributed by atoms with Crippen LogP contribution in [0, 0.1) is 11.3 Å². The molecule has 10 atom stereocenters. The van der Waals surface area contributed by atoms with Crippen LogP contribution in [0.1, 0.15) is 67.2 Å². The number of hydrogen-bond acceptors (Lipinski definition) is 22. The van der Waals surface area contributed by atoms with Crippen molar-refractivity contribution in [2.45, 2.75) is 121 Å². The molecule has 3 heterocycles. The van der Waals surface area contributed by atoms with Crippen molar-refractivity contribution in [3.05, 3.63) is 46.2 Å². The van der Waals surface area contributed by atoms with Crippen LogP contribution in [0.3, 0.4) is 0 Å². The molecule has 10 unspecified atom stereocenters. The first-order chi connectivity index (χ1) is 29.2. The summed E-state index contributed by atoms with van der Waals surface area (Å²) in [6.45, 7) is 6.88. The van der Waals surface area contributed by atoms with Gasteiger partial charge in [-0.15, -0.1) is 0 Å². The largest absolute Gasteiger partial charge is 0.463 e. The predicted octanol–water partition coefficient (Wildman–Crippen LogP) is 1.21. The lowest BCUT2D eigenvalue weighted by atomic mass is 9.97. The summed E-state index contributed by atoms with van der Waals surface area (Å²) in [5, 5.41) is 10.0. The van der Waals surface area contributed by atoms with E-state index < -0.39 is 138 Å². The van der Waals surface area contributed by atoms with Gasteiger partial charge < -0.3 is 47.4 Å². The van der Waals surface area contributed by atoms with Crippen LogP contribution in [-0.2, 0) is 85.7 Å². The summed E-state index contributed by atoms with van der Waals surface area (Å²) < 4.78 is 57.0. The fourth-order valence-corrected chi connectivity index (χ4v) is 7.72. The van der Waals surface area contributed by atoms with Crippen molar-refractivity contribution in [1.82, 2.24) is 9.55 Å². The van der Waals surface area contributed by atoms with E-state index in [1.807, 2.05) is 6.07 Å². The van der Waals surface area contributed by atoms with E-state index in [1.54, 1.807) is 18.2 Å². The first kappa shape index (κ1) is 48.3. The monoisotopic (exact) mass is 889 g/mol. The van der Waals surface area contributed by atoms with Crippen molar-refractivity contribution in [2.24, 2.45) is 0 Å². The Labute approximate surface area is 357 Å². The highest BCUT2D eigenvalue weighted by atomic mass is 32.2. The maximum absolute atomic E-state index is 14.9. The van der Waals surface area contributed by atoms with Gasteiger partial charge in [-0.05, 0) is 0 Å². The van der Waals surface area contributed by atoms with E-state index in [1.165, 1.54) is 12.1 Å². The Morgan fingerprint density at radius 2 is 1.03 bits per heavy atom. The minimum atomic E-state index is -1.97. The Bertz CT molecular complexity index is 2160. The van der Waals surface area contributed by atoms with Crippen LogP contribution in [0.25, 0.3) is 11.3 Å². The molecule has 2 aliphatic heterocycles. The van der Waals surface area contributed by atoms with Crippen molar-refractivity contribution in [2.75, 3.05) is 13.2 Å². The Hall–Kier alpha value is -6.38. The van der Waals surface area contributed by atoms with E-state index in [0.717, 1.165) is 60.0 Å². The zero-order valence-corrected chi connectivity index (χ0v) is 35.4. The molecule has 22 nitrogen and oxygen atoms in total. The lowest BCUT2D eigenvalue weighted by Crippen LogP contribution is -2.62. The third-order valence-corrected chi connectivity index (χ3v) is 9.74. The van der Waals surface area contributed by atoms with Gasteiger partial charge in [-0.1, -0.05) is 42.1 Å². The van der Waals surface area contributed by atoms with Crippen molar-refractivity contribution in [1.29, 1.82) is 5.26 Å².